The predicted molar refractivity (Wildman–Crippen MR) is 110 cm³/mol. The Kier molecular flexibility index (Phi) is 5.13. The molecule has 2 unspecified atom stereocenters. The second kappa shape index (κ2) is 7.91. The SMILES string of the molecule is O=C(Nc1c2c(cc3c1CCC3)CCC2)NS(=O)c1ccn(CC2CCOC2)n1. The lowest BCUT2D eigenvalue weighted by molar-refractivity contribution is 0.181. The molecule has 2 aromatic rings. The van der Waals surface area contributed by atoms with Crippen LogP contribution in [0.25, 0.3) is 0 Å². The molecular weight excluding hydrogens is 388 g/mol. The fourth-order valence-electron chi connectivity index (χ4n) is 4.78. The summed E-state index contributed by atoms with van der Waals surface area (Å²) < 4.78 is 22.3. The van der Waals surface area contributed by atoms with Crippen LogP contribution in [0.3, 0.4) is 0 Å². The Labute approximate surface area is 172 Å². The zero-order valence-corrected chi connectivity index (χ0v) is 17.2. The van der Waals surface area contributed by atoms with Crippen molar-refractivity contribution < 1.29 is 13.7 Å². The minimum Gasteiger partial charge on any atom is -0.381 e. The quantitative estimate of drug-likeness (QED) is 0.788. The summed E-state index contributed by atoms with van der Waals surface area (Å²) in [4.78, 5) is 12.6. The van der Waals surface area contributed by atoms with E-state index in [2.05, 4.69) is 21.2 Å². The fraction of sp³-hybridized carbons (Fsp3) is 0.524. The topological polar surface area (TPSA) is 85.2 Å². The maximum atomic E-state index is 12.6. The number of anilines is 1. The van der Waals surface area contributed by atoms with Crippen molar-refractivity contribution in [2.24, 2.45) is 5.92 Å². The van der Waals surface area contributed by atoms with Crippen LogP contribution in [0.2, 0.25) is 0 Å². The molecule has 0 saturated carbocycles. The molecule has 1 aliphatic heterocycles. The van der Waals surface area contributed by atoms with Crippen molar-refractivity contribution >= 4 is 22.7 Å². The number of hydrogen-bond donors (Lipinski definition) is 2. The van der Waals surface area contributed by atoms with Crippen LogP contribution < -0.4 is 10.0 Å². The average molecular weight is 415 g/mol. The van der Waals surface area contributed by atoms with Gasteiger partial charge >= 0.3 is 6.03 Å². The largest absolute Gasteiger partial charge is 0.381 e. The number of rotatable bonds is 5. The molecular formula is C21H26N4O3S. The summed E-state index contributed by atoms with van der Waals surface area (Å²) in [6, 6.07) is 3.59. The van der Waals surface area contributed by atoms with Crippen LogP contribution in [0.5, 0.6) is 0 Å². The first-order chi connectivity index (χ1) is 14.2. The van der Waals surface area contributed by atoms with Crippen LogP contribution in [0, 0.1) is 5.92 Å². The highest BCUT2D eigenvalue weighted by molar-refractivity contribution is 7.83. The molecule has 2 N–H and O–H groups in total. The van der Waals surface area contributed by atoms with Crippen LogP contribution in [0.15, 0.2) is 23.4 Å². The van der Waals surface area contributed by atoms with Gasteiger partial charge in [-0.2, -0.15) is 5.10 Å². The number of amides is 2. The van der Waals surface area contributed by atoms with E-state index in [0.717, 1.165) is 70.4 Å². The number of benzene rings is 1. The van der Waals surface area contributed by atoms with Gasteiger partial charge in [-0.15, -0.1) is 0 Å². The molecule has 2 aliphatic carbocycles. The lowest BCUT2D eigenvalue weighted by Crippen LogP contribution is -2.31. The Balaban J connectivity index is 1.26. The molecule has 0 radical (unpaired) electrons. The number of hydrogen-bond acceptors (Lipinski definition) is 4. The molecule has 29 heavy (non-hydrogen) atoms. The van der Waals surface area contributed by atoms with Gasteiger partial charge in [-0.25, -0.2) is 9.00 Å². The van der Waals surface area contributed by atoms with Gasteiger partial charge in [-0.05, 0) is 73.3 Å². The molecule has 2 heterocycles. The standard InChI is InChI=1S/C21H26N4O3S/c26-21(22-20-17-5-1-3-15(17)11-16-4-2-6-18(16)20)24-29(27)19-7-9-25(23-19)12-14-8-10-28-13-14/h7,9,11,14H,1-6,8,10,12-13H2,(H2,22,24,26). The van der Waals surface area contributed by atoms with Crippen molar-refractivity contribution in [2.75, 3.05) is 18.5 Å². The molecule has 3 aliphatic rings. The lowest BCUT2D eigenvalue weighted by Gasteiger charge is -2.16. The Morgan fingerprint density at radius 2 is 1.97 bits per heavy atom. The molecule has 2 amide bonds. The zero-order valence-electron chi connectivity index (χ0n) is 16.4. The minimum absolute atomic E-state index is 0.364. The van der Waals surface area contributed by atoms with E-state index in [1.807, 2.05) is 6.20 Å². The first-order valence-electron chi connectivity index (χ1n) is 10.4. The summed E-state index contributed by atoms with van der Waals surface area (Å²) >= 11 is 0. The summed E-state index contributed by atoms with van der Waals surface area (Å²) in [6.45, 7) is 2.27. The third kappa shape index (κ3) is 3.83. The van der Waals surface area contributed by atoms with Crippen molar-refractivity contribution in [3.63, 3.8) is 0 Å². The lowest BCUT2D eigenvalue weighted by atomic mass is 9.99. The van der Waals surface area contributed by atoms with Crippen molar-refractivity contribution in [3.05, 3.63) is 40.6 Å². The Hall–Kier alpha value is -2.19. The normalized spacial score (nSPS) is 21.0. The highest BCUT2D eigenvalue weighted by atomic mass is 32.2. The van der Waals surface area contributed by atoms with Crippen LogP contribution in [0.1, 0.15) is 41.5 Å². The van der Waals surface area contributed by atoms with E-state index in [4.69, 9.17) is 4.74 Å². The molecule has 0 spiro atoms. The molecule has 5 rings (SSSR count). The average Bonchev–Trinajstić information content (AvgIpc) is 3.49. The van der Waals surface area contributed by atoms with E-state index < -0.39 is 17.0 Å². The van der Waals surface area contributed by atoms with Crippen molar-refractivity contribution in [1.82, 2.24) is 14.5 Å². The number of fused-ring (bicyclic) bond motifs is 2. The number of aryl methyl sites for hydroxylation is 2. The number of nitrogens with zero attached hydrogens (tertiary/aromatic N) is 2. The monoisotopic (exact) mass is 414 g/mol. The molecule has 1 aromatic carbocycles. The predicted octanol–water partition coefficient (Wildman–Crippen LogP) is 2.74. The van der Waals surface area contributed by atoms with Gasteiger partial charge in [0.25, 0.3) is 0 Å². The number of ether oxygens (including phenoxy) is 1. The van der Waals surface area contributed by atoms with Gasteiger partial charge in [-0.3, -0.25) is 9.40 Å². The summed E-state index contributed by atoms with van der Waals surface area (Å²) in [5, 5.41) is 7.75. The number of carbonyl (C=O) groups is 1. The van der Waals surface area contributed by atoms with E-state index in [0.29, 0.717) is 10.9 Å². The third-order valence-electron chi connectivity index (χ3n) is 6.17. The van der Waals surface area contributed by atoms with Gasteiger partial charge in [0.05, 0.1) is 6.61 Å². The number of aromatic nitrogens is 2. The van der Waals surface area contributed by atoms with Gasteiger partial charge in [0.2, 0.25) is 0 Å². The van der Waals surface area contributed by atoms with Crippen LogP contribution >= 0.6 is 0 Å². The second-order valence-corrected chi connectivity index (χ2v) is 9.32. The maximum Gasteiger partial charge on any atom is 0.331 e. The molecule has 8 heteroatoms. The van der Waals surface area contributed by atoms with E-state index in [-0.39, 0.29) is 0 Å². The van der Waals surface area contributed by atoms with Gasteiger partial charge in [0, 0.05) is 31.0 Å². The van der Waals surface area contributed by atoms with Gasteiger partial charge in [0.1, 0.15) is 0 Å². The van der Waals surface area contributed by atoms with Crippen LogP contribution in [-0.4, -0.2) is 33.2 Å². The molecule has 1 fully saturated rings. The highest BCUT2D eigenvalue weighted by Gasteiger charge is 2.25. The fourth-order valence-corrected chi connectivity index (χ4v) is 5.47. The van der Waals surface area contributed by atoms with Crippen molar-refractivity contribution in [1.29, 1.82) is 0 Å². The highest BCUT2D eigenvalue weighted by Crippen LogP contribution is 2.38. The first-order valence-corrected chi connectivity index (χ1v) is 11.6. The van der Waals surface area contributed by atoms with E-state index in [1.54, 1.807) is 10.7 Å². The number of urea groups is 1. The smallest absolute Gasteiger partial charge is 0.331 e. The van der Waals surface area contributed by atoms with E-state index in [1.165, 1.54) is 22.3 Å². The molecule has 1 aromatic heterocycles. The number of carbonyl (C=O) groups excluding carboxylic acids is 1. The van der Waals surface area contributed by atoms with Gasteiger partial charge in [0.15, 0.2) is 16.0 Å². The van der Waals surface area contributed by atoms with E-state index in [9.17, 15) is 9.00 Å². The zero-order chi connectivity index (χ0) is 19.8. The Morgan fingerprint density at radius 3 is 2.66 bits per heavy atom. The van der Waals surface area contributed by atoms with Gasteiger partial charge < -0.3 is 10.1 Å². The summed E-state index contributed by atoms with van der Waals surface area (Å²) in [5.41, 5.74) is 6.19. The molecule has 1 saturated heterocycles. The minimum atomic E-state index is -1.69. The van der Waals surface area contributed by atoms with Crippen LogP contribution in [-0.2, 0) is 48.0 Å². The molecule has 7 nitrogen and oxygen atoms in total. The summed E-state index contributed by atoms with van der Waals surface area (Å²) in [5.74, 6) is 0.440. The molecule has 0 bridgehead atoms. The third-order valence-corrected chi connectivity index (χ3v) is 7.14. The summed E-state index contributed by atoms with van der Waals surface area (Å²) in [7, 11) is -1.69. The molecule has 154 valence electrons. The second-order valence-electron chi connectivity index (χ2n) is 8.16. The maximum absolute atomic E-state index is 12.6. The Bertz CT molecular complexity index is 933. The van der Waals surface area contributed by atoms with Gasteiger partial charge in [-0.1, -0.05) is 6.07 Å². The number of nitrogens with one attached hydrogen (secondary N) is 2. The van der Waals surface area contributed by atoms with Crippen LogP contribution in [0.4, 0.5) is 10.5 Å². The first kappa shape index (κ1) is 18.8. The van der Waals surface area contributed by atoms with Crippen molar-refractivity contribution in [3.8, 4) is 0 Å². The van der Waals surface area contributed by atoms with Crippen molar-refractivity contribution in [2.45, 2.75) is 56.5 Å². The summed E-state index contributed by atoms with van der Waals surface area (Å²) in [6.07, 6.45) is 9.23. The van der Waals surface area contributed by atoms with E-state index >= 15 is 0 Å². The molecule has 2 atom stereocenters. The Morgan fingerprint density at radius 1 is 1.21 bits per heavy atom.